The quantitative estimate of drug-likeness (QED) is 0.916. The van der Waals surface area contributed by atoms with Gasteiger partial charge in [0, 0.05) is 25.5 Å². The molecule has 2 unspecified atom stereocenters. The van der Waals surface area contributed by atoms with Crippen LogP contribution in [-0.4, -0.2) is 29.2 Å². The van der Waals surface area contributed by atoms with Gasteiger partial charge in [-0.25, -0.2) is 9.97 Å². The topological polar surface area (TPSA) is 47.0 Å². The molecule has 1 saturated carbocycles. The first-order chi connectivity index (χ1) is 7.28. The molecule has 1 heterocycles. The lowest BCUT2D eigenvalue weighted by Crippen LogP contribution is -2.18. The Hall–Kier alpha value is -0.680. The maximum absolute atomic E-state index is 5.31. The van der Waals surface area contributed by atoms with Crippen LogP contribution >= 0.6 is 15.9 Å². The van der Waals surface area contributed by atoms with Crippen molar-refractivity contribution in [1.29, 1.82) is 0 Å². The predicted molar refractivity (Wildman–Crippen MR) is 61.8 cm³/mol. The molecule has 2 rings (SSSR count). The molecule has 1 aromatic heterocycles. The first kappa shape index (κ1) is 10.8. The van der Waals surface area contributed by atoms with Crippen molar-refractivity contribution in [2.24, 2.45) is 0 Å². The molecule has 0 radical (unpaired) electrons. The van der Waals surface area contributed by atoms with Crippen molar-refractivity contribution in [2.75, 3.05) is 12.4 Å². The number of nitrogens with one attached hydrogen (secondary N) is 1. The van der Waals surface area contributed by atoms with Crippen LogP contribution in [0.4, 0.5) is 5.95 Å². The maximum Gasteiger partial charge on any atom is 0.222 e. The van der Waals surface area contributed by atoms with Crippen molar-refractivity contribution < 1.29 is 4.74 Å². The summed E-state index contributed by atoms with van der Waals surface area (Å²) < 4.78 is 6.21. The Balaban J connectivity index is 1.90. The highest BCUT2D eigenvalue weighted by atomic mass is 79.9. The van der Waals surface area contributed by atoms with Gasteiger partial charge in [-0.3, -0.25) is 0 Å². The third-order valence-corrected chi connectivity index (χ3v) is 3.08. The van der Waals surface area contributed by atoms with Crippen molar-refractivity contribution in [1.82, 2.24) is 9.97 Å². The monoisotopic (exact) mass is 271 g/mol. The Morgan fingerprint density at radius 3 is 2.73 bits per heavy atom. The fraction of sp³-hybridized carbons (Fsp3) is 0.600. The SMILES string of the molecule is COC1CCC(Nc2ncc(Br)cn2)C1. The standard InChI is InChI=1S/C10H14BrN3O/c1-15-9-3-2-8(4-9)14-10-12-5-7(11)6-13-10/h5-6,8-9H,2-4H2,1H3,(H,12,13,14). The van der Waals surface area contributed by atoms with Crippen LogP contribution in [-0.2, 0) is 4.74 Å². The van der Waals surface area contributed by atoms with Gasteiger partial charge in [-0.2, -0.15) is 0 Å². The van der Waals surface area contributed by atoms with E-state index >= 15 is 0 Å². The third kappa shape index (κ3) is 2.89. The van der Waals surface area contributed by atoms with E-state index in [0.717, 1.165) is 23.7 Å². The molecule has 15 heavy (non-hydrogen) atoms. The summed E-state index contributed by atoms with van der Waals surface area (Å²) in [6.45, 7) is 0. The van der Waals surface area contributed by atoms with Gasteiger partial charge < -0.3 is 10.1 Å². The van der Waals surface area contributed by atoms with Gasteiger partial charge in [0.2, 0.25) is 5.95 Å². The molecule has 0 saturated heterocycles. The molecule has 0 aromatic carbocycles. The highest BCUT2D eigenvalue weighted by Crippen LogP contribution is 2.23. The van der Waals surface area contributed by atoms with E-state index in [1.165, 1.54) is 0 Å². The van der Waals surface area contributed by atoms with Crippen LogP contribution in [0.15, 0.2) is 16.9 Å². The molecular formula is C10H14BrN3O. The molecule has 1 aliphatic carbocycles. The first-order valence-corrected chi connectivity index (χ1v) is 5.84. The zero-order valence-electron chi connectivity index (χ0n) is 8.61. The van der Waals surface area contributed by atoms with Crippen molar-refractivity contribution in [3.8, 4) is 0 Å². The minimum Gasteiger partial charge on any atom is -0.381 e. The number of halogens is 1. The lowest BCUT2D eigenvalue weighted by atomic mass is 10.2. The average molecular weight is 272 g/mol. The zero-order chi connectivity index (χ0) is 10.7. The van der Waals surface area contributed by atoms with Gasteiger partial charge in [-0.05, 0) is 35.2 Å². The van der Waals surface area contributed by atoms with E-state index in [-0.39, 0.29) is 0 Å². The minimum atomic E-state index is 0.387. The summed E-state index contributed by atoms with van der Waals surface area (Å²) in [6.07, 6.45) is 7.16. The lowest BCUT2D eigenvalue weighted by Gasteiger charge is -2.12. The van der Waals surface area contributed by atoms with Crippen molar-refractivity contribution in [3.05, 3.63) is 16.9 Å². The molecule has 82 valence electrons. The summed E-state index contributed by atoms with van der Waals surface area (Å²) in [4.78, 5) is 8.37. The second kappa shape index (κ2) is 4.90. The molecule has 5 heteroatoms. The van der Waals surface area contributed by atoms with E-state index in [4.69, 9.17) is 4.74 Å². The van der Waals surface area contributed by atoms with Crippen LogP contribution in [0.5, 0.6) is 0 Å². The Bertz CT molecular complexity index is 317. The molecule has 1 N–H and O–H groups in total. The number of nitrogens with zero attached hydrogens (tertiary/aromatic N) is 2. The van der Waals surface area contributed by atoms with Crippen LogP contribution in [0.25, 0.3) is 0 Å². The van der Waals surface area contributed by atoms with Crippen molar-refractivity contribution >= 4 is 21.9 Å². The van der Waals surface area contributed by atoms with Gasteiger partial charge in [0.1, 0.15) is 0 Å². The van der Waals surface area contributed by atoms with E-state index in [1.54, 1.807) is 19.5 Å². The van der Waals surface area contributed by atoms with E-state index in [0.29, 0.717) is 18.1 Å². The van der Waals surface area contributed by atoms with Gasteiger partial charge in [-0.15, -0.1) is 0 Å². The highest BCUT2D eigenvalue weighted by Gasteiger charge is 2.24. The number of hydrogen-bond acceptors (Lipinski definition) is 4. The maximum atomic E-state index is 5.31. The molecule has 1 fully saturated rings. The Morgan fingerprint density at radius 2 is 2.13 bits per heavy atom. The predicted octanol–water partition coefficient (Wildman–Crippen LogP) is 2.22. The second-order valence-electron chi connectivity index (χ2n) is 3.74. The smallest absolute Gasteiger partial charge is 0.222 e. The van der Waals surface area contributed by atoms with E-state index < -0.39 is 0 Å². The van der Waals surface area contributed by atoms with Crippen LogP contribution < -0.4 is 5.32 Å². The summed E-state index contributed by atoms with van der Waals surface area (Å²) in [6, 6.07) is 0.441. The molecule has 1 aromatic rings. The lowest BCUT2D eigenvalue weighted by molar-refractivity contribution is 0.108. The molecule has 4 nitrogen and oxygen atoms in total. The normalized spacial score (nSPS) is 25.5. The molecular weight excluding hydrogens is 258 g/mol. The summed E-state index contributed by atoms with van der Waals surface area (Å²) >= 11 is 3.31. The number of aromatic nitrogens is 2. The zero-order valence-corrected chi connectivity index (χ0v) is 10.2. The van der Waals surface area contributed by atoms with Crippen molar-refractivity contribution in [2.45, 2.75) is 31.4 Å². The van der Waals surface area contributed by atoms with E-state index in [2.05, 4.69) is 31.2 Å². The molecule has 2 atom stereocenters. The van der Waals surface area contributed by atoms with Gasteiger partial charge in [0.25, 0.3) is 0 Å². The molecule has 0 aliphatic heterocycles. The second-order valence-corrected chi connectivity index (χ2v) is 4.65. The van der Waals surface area contributed by atoms with Crippen molar-refractivity contribution in [3.63, 3.8) is 0 Å². The number of rotatable bonds is 3. The van der Waals surface area contributed by atoms with Gasteiger partial charge in [0.05, 0.1) is 10.6 Å². The largest absolute Gasteiger partial charge is 0.381 e. The van der Waals surface area contributed by atoms with Gasteiger partial charge >= 0.3 is 0 Å². The fourth-order valence-electron chi connectivity index (χ4n) is 1.85. The number of methoxy groups -OCH3 is 1. The average Bonchev–Trinajstić information content (AvgIpc) is 2.69. The Morgan fingerprint density at radius 1 is 1.40 bits per heavy atom. The first-order valence-electron chi connectivity index (χ1n) is 5.05. The highest BCUT2D eigenvalue weighted by molar-refractivity contribution is 9.10. The molecule has 1 aliphatic rings. The van der Waals surface area contributed by atoms with E-state index in [9.17, 15) is 0 Å². The van der Waals surface area contributed by atoms with Crippen LogP contribution in [0, 0.1) is 0 Å². The van der Waals surface area contributed by atoms with Gasteiger partial charge in [0.15, 0.2) is 0 Å². The Kier molecular flexibility index (Phi) is 3.53. The number of hydrogen-bond donors (Lipinski definition) is 1. The third-order valence-electron chi connectivity index (χ3n) is 2.67. The van der Waals surface area contributed by atoms with Gasteiger partial charge in [-0.1, -0.05) is 0 Å². The summed E-state index contributed by atoms with van der Waals surface area (Å²) in [5, 5.41) is 3.31. The summed E-state index contributed by atoms with van der Waals surface area (Å²) in [5.41, 5.74) is 0. The molecule has 0 bridgehead atoms. The van der Waals surface area contributed by atoms with Crippen LogP contribution in [0.2, 0.25) is 0 Å². The minimum absolute atomic E-state index is 0.387. The Labute approximate surface area is 97.6 Å². The number of anilines is 1. The van der Waals surface area contributed by atoms with Crippen LogP contribution in [0.1, 0.15) is 19.3 Å². The summed E-state index contributed by atoms with van der Waals surface area (Å²) in [7, 11) is 1.77. The molecule has 0 spiro atoms. The fourth-order valence-corrected chi connectivity index (χ4v) is 2.06. The van der Waals surface area contributed by atoms with E-state index in [1.807, 2.05) is 0 Å². The van der Waals surface area contributed by atoms with Crippen LogP contribution in [0.3, 0.4) is 0 Å². The number of ether oxygens (including phenoxy) is 1. The summed E-state index contributed by atoms with van der Waals surface area (Å²) in [5.74, 6) is 0.694. The molecule has 0 amide bonds.